The minimum absolute atomic E-state index is 0.219. The molecule has 1 amide bonds. The van der Waals surface area contributed by atoms with Gasteiger partial charge >= 0.3 is 0 Å². The Balaban J connectivity index is 1.55. The first-order valence-electron chi connectivity index (χ1n) is 7.57. The molecule has 124 valence electrons. The third-order valence-corrected chi connectivity index (χ3v) is 4.22. The topological polar surface area (TPSA) is 54.0 Å². The Kier molecular flexibility index (Phi) is 5.66. The van der Waals surface area contributed by atoms with E-state index in [4.69, 9.17) is 12.2 Å². The van der Waals surface area contributed by atoms with E-state index in [1.165, 1.54) is 17.4 Å². The Hall–Kier alpha value is -2.83. The first-order valence-corrected chi connectivity index (χ1v) is 8.85. The molecule has 3 rings (SSSR count). The number of aromatic nitrogens is 1. The van der Waals surface area contributed by atoms with Gasteiger partial charge in [-0.25, -0.2) is 4.98 Å². The van der Waals surface area contributed by atoms with Crippen molar-refractivity contribution in [1.29, 1.82) is 0 Å². The maximum atomic E-state index is 11.9. The molecular weight excluding hydrogens is 350 g/mol. The molecule has 1 heterocycles. The van der Waals surface area contributed by atoms with E-state index in [0.717, 1.165) is 16.8 Å². The molecule has 0 aliphatic heterocycles. The van der Waals surface area contributed by atoms with E-state index in [0.29, 0.717) is 5.13 Å². The lowest BCUT2D eigenvalue weighted by Gasteiger charge is -2.04. The summed E-state index contributed by atoms with van der Waals surface area (Å²) in [5.74, 6) is -0.291. The molecule has 0 saturated carbocycles. The van der Waals surface area contributed by atoms with Gasteiger partial charge in [0.2, 0.25) is 5.91 Å². The zero-order chi connectivity index (χ0) is 17.5. The number of thiocarbonyl (C=S) groups is 1. The molecule has 0 fully saturated rings. The minimum Gasteiger partial charge on any atom is -0.308 e. The van der Waals surface area contributed by atoms with Gasteiger partial charge in [0.05, 0.1) is 5.69 Å². The molecule has 0 spiro atoms. The van der Waals surface area contributed by atoms with Crippen molar-refractivity contribution >= 4 is 45.8 Å². The van der Waals surface area contributed by atoms with Crippen molar-refractivity contribution < 1.29 is 4.79 Å². The average molecular weight is 365 g/mol. The predicted molar refractivity (Wildman–Crippen MR) is 107 cm³/mol. The number of hydrogen-bond acceptors (Lipinski definition) is 4. The van der Waals surface area contributed by atoms with E-state index >= 15 is 0 Å². The van der Waals surface area contributed by atoms with Crippen LogP contribution in [0.15, 0.2) is 72.1 Å². The van der Waals surface area contributed by atoms with Crippen molar-refractivity contribution in [1.82, 2.24) is 10.3 Å². The van der Waals surface area contributed by atoms with Gasteiger partial charge in [0.25, 0.3) is 0 Å². The van der Waals surface area contributed by atoms with Crippen LogP contribution in [-0.2, 0) is 4.79 Å². The van der Waals surface area contributed by atoms with Gasteiger partial charge in [0.1, 0.15) is 0 Å². The van der Waals surface area contributed by atoms with Gasteiger partial charge in [-0.1, -0.05) is 60.7 Å². The molecule has 6 heteroatoms. The number of thiazole rings is 1. The first-order chi connectivity index (χ1) is 12.2. The lowest BCUT2D eigenvalue weighted by molar-refractivity contribution is -0.115. The Labute approximate surface area is 155 Å². The van der Waals surface area contributed by atoms with Crippen LogP contribution < -0.4 is 10.6 Å². The highest BCUT2D eigenvalue weighted by Gasteiger charge is 2.07. The molecule has 0 unspecified atom stereocenters. The molecule has 0 aliphatic carbocycles. The van der Waals surface area contributed by atoms with Gasteiger partial charge in [-0.15, -0.1) is 11.3 Å². The van der Waals surface area contributed by atoms with Crippen LogP contribution >= 0.6 is 23.6 Å². The van der Waals surface area contributed by atoms with Gasteiger partial charge in [-0.2, -0.15) is 0 Å². The van der Waals surface area contributed by atoms with Crippen LogP contribution in [0.5, 0.6) is 0 Å². The highest BCUT2D eigenvalue weighted by molar-refractivity contribution is 7.80. The van der Waals surface area contributed by atoms with Crippen molar-refractivity contribution in [3.8, 4) is 11.3 Å². The maximum Gasteiger partial charge on any atom is 0.250 e. The number of hydrogen-bond donors (Lipinski definition) is 2. The molecule has 0 bridgehead atoms. The number of anilines is 1. The van der Waals surface area contributed by atoms with Crippen LogP contribution in [0, 0.1) is 0 Å². The minimum atomic E-state index is -0.291. The van der Waals surface area contributed by atoms with E-state index < -0.39 is 0 Å². The van der Waals surface area contributed by atoms with E-state index in [1.807, 2.05) is 66.0 Å². The number of nitrogens with zero attached hydrogens (tertiary/aromatic N) is 1. The molecule has 0 aliphatic rings. The lowest BCUT2D eigenvalue weighted by atomic mass is 10.2. The molecular formula is C19H15N3OS2. The van der Waals surface area contributed by atoms with Crippen molar-refractivity contribution in [3.05, 3.63) is 77.7 Å². The smallest absolute Gasteiger partial charge is 0.250 e. The summed E-state index contributed by atoms with van der Waals surface area (Å²) in [7, 11) is 0. The quantitative estimate of drug-likeness (QED) is 0.533. The molecule has 0 atom stereocenters. The Morgan fingerprint density at radius 3 is 2.44 bits per heavy atom. The zero-order valence-electron chi connectivity index (χ0n) is 13.2. The van der Waals surface area contributed by atoms with Crippen molar-refractivity contribution in [2.24, 2.45) is 0 Å². The number of carbonyl (C=O) groups is 1. The molecule has 25 heavy (non-hydrogen) atoms. The number of rotatable bonds is 4. The van der Waals surface area contributed by atoms with E-state index in [-0.39, 0.29) is 11.0 Å². The number of amides is 1. The summed E-state index contributed by atoms with van der Waals surface area (Å²) in [4.78, 5) is 16.4. The fourth-order valence-corrected chi connectivity index (χ4v) is 3.08. The van der Waals surface area contributed by atoms with Crippen LogP contribution in [-0.4, -0.2) is 16.0 Å². The van der Waals surface area contributed by atoms with E-state index in [9.17, 15) is 4.79 Å². The molecule has 2 N–H and O–H groups in total. The molecule has 0 radical (unpaired) electrons. The summed E-state index contributed by atoms with van der Waals surface area (Å²) in [6.45, 7) is 0. The fraction of sp³-hybridized carbons (Fsp3) is 0. The standard InChI is InChI=1S/C19H15N3OS2/c23-17(12-11-14-7-3-1-4-8-14)21-18(24)22-19-20-16(13-25-19)15-9-5-2-6-10-15/h1-13H,(H2,20,21,22,23,24). The van der Waals surface area contributed by atoms with Crippen LogP contribution in [0.1, 0.15) is 5.56 Å². The largest absolute Gasteiger partial charge is 0.308 e. The third kappa shape index (κ3) is 5.07. The maximum absolute atomic E-state index is 11.9. The number of benzene rings is 2. The molecule has 0 saturated heterocycles. The Morgan fingerprint density at radius 1 is 1.04 bits per heavy atom. The van der Waals surface area contributed by atoms with Gasteiger partial charge in [0, 0.05) is 17.0 Å². The molecule has 2 aromatic carbocycles. The average Bonchev–Trinajstić information content (AvgIpc) is 3.10. The Morgan fingerprint density at radius 2 is 1.72 bits per heavy atom. The number of carbonyl (C=O) groups excluding carboxylic acids is 1. The fourth-order valence-electron chi connectivity index (χ4n) is 2.09. The van der Waals surface area contributed by atoms with Crippen LogP contribution in [0.25, 0.3) is 17.3 Å². The monoisotopic (exact) mass is 365 g/mol. The second-order valence-electron chi connectivity index (χ2n) is 5.09. The summed E-state index contributed by atoms with van der Waals surface area (Å²) >= 11 is 6.59. The van der Waals surface area contributed by atoms with Gasteiger partial charge in [-0.3, -0.25) is 10.1 Å². The predicted octanol–water partition coefficient (Wildman–Crippen LogP) is 4.34. The summed E-state index contributed by atoms with van der Waals surface area (Å²) in [5.41, 5.74) is 2.85. The lowest BCUT2D eigenvalue weighted by Crippen LogP contribution is -2.32. The van der Waals surface area contributed by atoms with E-state index in [1.54, 1.807) is 6.08 Å². The third-order valence-electron chi connectivity index (χ3n) is 3.26. The summed E-state index contributed by atoms with van der Waals surface area (Å²) in [6, 6.07) is 19.5. The van der Waals surface area contributed by atoms with Gasteiger partial charge < -0.3 is 5.32 Å². The summed E-state index contributed by atoms with van der Waals surface area (Å²) in [5, 5.41) is 8.34. The highest BCUT2D eigenvalue weighted by Crippen LogP contribution is 2.24. The van der Waals surface area contributed by atoms with Crippen molar-refractivity contribution in [3.63, 3.8) is 0 Å². The second kappa shape index (κ2) is 8.32. The summed E-state index contributed by atoms with van der Waals surface area (Å²) < 4.78 is 0. The SMILES string of the molecule is O=C(C=Cc1ccccc1)NC(=S)Nc1nc(-c2ccccc2)cs1. The second-order valence-corrected chi connectivity index (χ2v) is 6.36. The van der Waals surface area contributed by atoms with Crippen LogP contribution in [0.4, 0.5) is 5.13 Å². The number of nitrogens with one attached hydrogen (secondary N) is 2. The van der Waals surface area contributed by atoms with Gasteiger partial charge in [-0.05, 0) is 23.9 Å². The van der Waals surface area contributed by atoms with Crippen molar-refractivity contribution in [2.45, 2.75) is 0 Å². The molecule has 1 aromatic heterocycles. The normalized spacial score (nSPS) is 10.6. The highest BCUT2D eigenvalue weighted by atomic mass is 32.1. The Bertz CT molecular complexity index is 889. The first kappa shape index (κ1) is 17.0. The van der Waals surface area contributed by atoms with Crippen LogP contribution in [0.2, 0.25) is 0 Å². The molecule has 3 aromatic rings. The van der Waals surface area contributed by atoms with E-state index in [2.05, 4.69) is 15.6 Å². The zero-order valence-corrected chi connectivity index (χ0v) is 14.8. The van der Waals surface area contributed by atoms with Crippen molar-refractivity contribution in [2.75, 3.05) is 5.32 Å². The van der Waals surface area contributed by atoms with Gasteiger partial charge in [0.15, 0.2) is 10.2 Å². The molecule has 4 nitrogen and oxygen atoms in total. The van der Waals surface area contributed by atoms with Crippen LogP contribution in [0.3, 0.4) is 0 Å². The summed E-state index contributed by atoms with van der Waals surface area (Å²) in [6.07, 6.45) is 3.18.